The molecule has 0 saturated heterocycles. The third kappa shape index (κ3) is 4.86. The van der Waals surface area contributed by atoms with Gasteiger partial charge in [-0.25, -0.2) is 0 Å². The monoisotopic (exact) mass is 304 g/mol. The second-order valence-electron chi connectivity index (χ2n) is 3.80. The molecule has 0 amide bonds. The Bertz CT molecular complexity index is 304. The van der Waals surface area contributed by atoms with Crippen molar-refractivity contribution < 1.29 is 4.74 Å². The first-order valence-corrected chi connectivity index (χ1v) is 7.15. The van der Waals surface area contributed by atoms with Crippen LogP contribution in [0.1, 0.15) is 18.9 Å². The van der Waals surface area contributed by atoms with Gasteiger partial charge in [-0.05, 0) is 37.3 Å². The molecule has 1 rings (SSSR count). The highest BCUT2D eigenvalue weighted by molar-refractivity contribution is 9.09. The van der Waals surface area contributed by atoms with Crippen molar-refractivity contribution >= 4 is 27.5 Å². The fourth-order valence-corrected chi connectivity index (χ4v) is 2.37. The van der Waals surface area contributed by atoms with Gasteiger partial charge in [-0.3, -0.25) is 0 Å². The Balaban J connectivity index is 2.46. The van der Waals surface area contributed by atoms with Crippen LogP contribution in [0.5, 0.6) is 0 Å². The topological polar surface area (TPSA) is 9.23 Å². The first-order chi connectivity index (χ1) is 7.77. The second kappa shape index (κ2) is 8.10. The van der Waals surface area contributed by atoms with E-state index in [1.807, 2.05) is 25.1 Å². The SMILES string of the molecule is CCOCCC(CBr)Cc1ccccc1Cl. The molecule has 1 aromatic carbocycles. The Hall–Kier alpha value is -0.0500. The first-order valence-electron chi connectivity index (χ1n) is 5.65. The molecule has 1 aromatic rings. The molecule has 0 aromatic heterocycles. The second-order valence-corrected chi connectivity index (χ2v) is 4.86. The van der Waals surface area contributed by atoms with E-state index in [1.165, 1.54) is 5.56 Å². The molecule has 0 spiro atoms. The van der Waals surface area contributed by atoms with Crippen molar-refractivity contribution in [3.63, 3.8) is 0 Å². The average Bonchev–Trinajstić information content (AvgIpc) is 2.30. The molecule has 90 valence electrons. The van der Waals surface area contributed by atoms with E-state index < -0.39 is 0 Å². The number of hydrogen-bond acceptors (Lipinski definition) is 1. The lowest BCUT2D eigenvalue weighted by Gasteiger charge is -2.14. The lowest BCUT2D eigenvalue weighted by molar-refractivity contribution is 0.134. The van der Waals surface area contributed by atoms with Crippen molar-refractivity contribution in [2.24, 2.45) is 5.92 Å². The van der Waals surface area contributed by atoms with Gasteiger partial charge in [0.2, 0.25) is 0 Å². The van der Waals surface area contributed by atoms with Crippen molar-refractivity contribution in [2.75, 3.05) is 18.5 Å². The van der Waals surface area contributed by atoms with E-state index in [0.717, 1.165) is 36.4 Å². The van der Waals surface area contributed by atoms with E-state index in [0.29, 0.717) is 5.92 Å². The molecule has 0 saturated carbocycles. The summed E-state index contributed by atoms with van der Waals surface area (Å²) in [7, 11) is 0. The van der Waals surface area contributed by atoms with Crippen LogP contribution in [0.15, 0.2) is 24.3 Å². The molecule has 0 bridgehead atoms. The summed E-state index contributed by atoms with van der Waals surface area (Å²) >= 11 is 9.69. The summed E-state index contributed by atoms with van der Waals surface area (Å²) < 4.78 is 5.38. The molecule has 1 nitrogen and oxygen atoms in total. The lowest BCUT2D eigenvalue weighted by atomic mass is 9.98. The minimum absolute atomic E-state index is 0.589. The van der Waals surface area contributed by atoms with Gasteiger partial charge in [0.1, 0.15) is 0 Å². The maximum absolute atomic E-state index is 6.14. The van der Waals surface area contributed by atoms with Gasteiger partial charge < -0.3 is 4.74 Å². The van der Waals surface area contributed by atoms with E-state index in [9.17, 15) is 0 Å². The summed E-state index contributed by atoms with van der Waals surface area (Å²) in [4.78, 5) is 0. The van der Waals surface area contributed by atoms with E-state index in [1.54, 1.807) is 0 Å². The molecule has 0 aliphatic heterocycles. The summed E-state index contributed by atoms with van der Waals surface area (Å²) in [5, 5.41) is 1.86. The zero-order chi connectivity index (χ0) is 11.8. The zero-order valence-corrected chi connectivity index (χ0v) is 11.9. The molecule has 0 aliphatic carbocycles. The summed E-state index contributed by atoms with van der Waals surface area (Å²) in [6, 6.07) is 8.05. The summed E-state index contributed by atoms with van der Waals surface area (Å²) in [5.41, 5.74) is 1.23. The predicted molar refractivity (Wildman–Crippen MR) is 73.6 cm³/mol. The number of ether oxygens (including phenoxy) is 1. The molecule has 0 N–H and O–H groups in total. The van der Waals surface area contributed by atoms with Crippen LogP contribution in [0.3, 0.4) is 0 Å². The Labute approximate surface area is 111 Å². The fourth-order valence-electron chi connectivity index (χ4n) is 1.60. The molecule has 1 unspecified atom stereocenters. The van der Waals surface area contributed by atoms with Gasteiger partial charge in [0.25, 0.3) is 0 Å². The summed E-state index contributed by atoms with van der Waals surface area (Å²) in [6.07, 6.45) is 2.09. The molecule has 3 heteroatoms. The van der Waals surface area contributed by atoms with Crippen LogP contribution in [0.25, 0.3) is 0 Å². The molecule has 16 heavy (non-hydrogen) atoms. The molecule has 0 fully saturated rings. The lowest BCUT2D eigenvalue weighted by Crippen LogP contribution is -2.10. The highest BCUT2D eigenvalue weighted by atomic mass is 79.9. The van der Waals surface area contributed by atoms with Gasteiger partial charge in [0.05, 0.1) is 0 Å². The molecule has 0 aliphatic rings. The Morgan fingerprint density at radius 2 is 2.12 bits per heavy atom. The standard InChI is InChI=1S/C13H18BrClO/c1-2-16-8-7-11(10-14)9-12-5-3-4-6-13(12)15/h3-6,11H,2,7-10H2,1H3. The first kappa shape index (κ1) is 14.0. The minimum Gasteiger partial charge on any atom is -0.382 e. The number of hydrogen-bond donors (Lipinski definition) is 0. The van der Waals surface area contributed by atoms with Crippen molar-refractivity contribution in [2.45, 2.75) is 19.8 Å². The number of alkyl halides is 1. The van der Waals surface area contributed by atoms with Gasteiger partial charge in [0, 0.05) is 23.6 Å². The molecule has 0 radical (unpaired) electrons. The molecule has 1 atom stereocenters. The molecular weight excluding hydrogens is 287 g/mol. The normalized spacial score (nSPS) is 12.7. The highest BCUT2D eigenvalue weighted by Gasteiger charge is 2.10. The van der Waals surface area contributed by atoms with Crippen molar-refractivity contribution in [1.82, 2.24) is 0 Å². The third-order valence-corrected chi connectivity index (χ3v) is 3.84. The Morgan fingerprint density at radius 3 is 2.75 bits per heavy atom. The number of halogens is 2. The highest BCUT2D eigenvalue weighted by Crippen LogP contribution is 2.21. The molecular formula is C13H18BrClO. The van der Waals surface area contributed by atoms with Crippen LogP contribution >= 0.6 is 27.5 Å². The van der Waals surface area contributed by atoms with E-state index >= 15 is 0 Å². The van der Waals surface area contributed by atoms with Crippen molar-refractivity contribution in [1.29, 1.82) is 0 Å². The fraction of sp³-hybridized carbons (Fsp3) is 0.538. The van der Waals surface area contributed by atoms with Gasteiger partial charge in [-0.1, -0.05) is 45.7 Å². The van der Waals surface area contributed by atoms with E-state index in [2.05, 4.69) is 22.0 Å². The van der Waals surface area contributed by atoms with Crippen LogP contribution in [0, 0.1) is 5.92 Å². The maximum atomic E-state index is 6.14. The quantitative estimate of drug-likeness (QED) is 0.538. The number of benzene rings is 1. The van der Waals surface area contributed by atoms with Gasteiger partial charge in [-0.2, -0.15) is 0 Å². The third-order valence-electron chi connectivity index (χ3n) is 2.56. The predicted octanol–water partition coefficient (Wildman–Crippen LogP) is 4.32. The van der Waals surface area contributed by atoms with Crippen LogP contribution in [0.2, 0.25) is 5.02 Å². The van der Waals surface area contributed by atoms with E-state index in [4.69, 9.17) is 16.3 Å². The van der Waals surface area contributed by atoms with E-state index in [-0.39, 0.29) is 0 Å². The van der Waals surface area contributed by atoms with Gasteiger partial charge in [-0.15, -0.1) is 0 Å². The minimum atomic E-state index is 0.589. The van der Waals surface area contributed by atoms with Crippen LogP contribution in [-0.4, -0.2) is 18.5 Å². The van der Waals surface area contributed by atoms with Crippen molar-refractivity contribution in [3.8, 4) is 0 Å². The van der Waals surface area contributed by atoms with Crippen molar-refractivity contribution in [3.05, 3.63) is 34.9 Å². The van der Waals surface area contributed by atoms with Gasteiger partial charge >= 0.3 is 0 Å². The van der Waals surface area contributed by atoms with Crippen LogP contribution in [-0.2, 0) is 11.2 Å². The summed E-state index contributed by atoms with van der Waals surface area (Å²) in [5.74, 6) is 0.589. The maximum Gasteiger partial charge on any atom is 0.0468 e. The van der Waals surface area contributed by atoms with Crippen LogP contribution in [0.4, 0.5) is 0 Å². The summed E-state index contributed by atoms with van der Waals surface area (Å²) in [6.45, 7) is 3.65. The van der Waals surface area contributed by atoms with Crippen LogP contribution < -0.4 is 0 Å². The Morgan fingerprint density at radius 1 is 1.38 bits per heavy atom. The average molecular weight is 306 g/mol. The Kier molecular flexibility index (Phi) is 7.10. The largest absolute Gasteiger partial charge is 0.382 e. The zero-order valence-electron chi connectivity index (χ0n) is 9.59. The molecule has 0 heterocycles. The van der Waals surface area contributed by atoms with Gasteiger partial charge in [0.15, 0.2) is 0 Å². The smallest absolute Gasteiger partial charge is 0.0468 e. The number of rotatable bonds is 7.